The molecular formula is C6H3BrF3NO. The third kappa shape index (κ3) is 2.10. The van der Waals surface area contributed by atoms with E-state index in [1.807, 2.05) is 0 Å². The highest BCUT2D eigenvalue weighted by molar-refractivity contribution is 9.10. The lowest BCUT2D eigenvalue weighted by atomic mass is 10.5. The Morgan fingerprint density at radius 2 is 2.17 bits per heavy atom. The van der Waals surface area contributed by atoms with Gasteiger partial charge in [-0.2, -0.15) is 13.2 Å². The van der Waals surface area contributed by atoms with Crippen LogP contribution >= 0.6 is 15.9 Å². The van der Waals surface area contributed by atoms with Gasteiger partial charge < -0.3 is 4.74 Å². The van der Waals surface area contributed by atoms with Crippen molar-refractivity contribution in [2.45, 2.75) is 6.61 Å². The van der Waals surface area contributed by atoms with Gasteiger partial charge in [0.15, 0.2) is 5.82 Å². The van der Waals surface area contributed by atoms with Gasteiger partial charge in [-0.3, -0.25) is 0 Å². The van der Waals surface area contributed by atoms with Crippen LogP contribution in [0.3, 0.4) is 0 Å². The second-order valence-electron chi connectivity index (χ2n) is 1.79. The zero-order valence-electron chi connectivity index (χ0n) is 5.60. The van der Waals surface area contributed by atoms with E-state index in [1.54, 1.807) is 0 Å². The van der Waals surface area contributed by atoms with E-state index in [0.29, 0.717) is 0 Å². The molecule has 0 unspecified atom stereocenters. The first-order valence-corrected chi connectivity index (χ1v) is 3.65. The molecule has 1 rings (SSSR count). The SMILES string of the molecule is Fc1c(Br)ccnc1OC(F)F. The molecule has 0 aromatic carbocycles. The monoisotopic (exact) mass is 241 g/mol. The maximum absolute atomic E-state index is 12.8. The van der Waals surface area contributed by atoms with Gasteiger partial charge in [0, 0.05) is 6.20 Å². The van der Waals surface area contributed by atoms with Gasteiger partial charge in [0.05, 0.1) is 4.47 Å². The maximum Gasteiger partial charge on any atom is 0.388 e. The highest BCUT2D eigenvalue weighted by Crippen LogP contribution is 2.22. The summed E-state index contributed by atoms with van der Waals surface area (Å²) in [6.45, 7) is -3.07. The Morgan fingerprint density at radius 3 is 2.75 bits per heavy atom. The predicted octanol–water partition coefficient (Wildman–Crippen LogP) is 2.58. The molecule has 1 heterocycles. The van der Waals surface area contributed by atoms with Gasteiger partial charge in [-0.05, 0) is 22.0 Å². The molecule has 6 heteroatoms. The minimum absolute atomic E-state index is 0.0353. The predicted molar refractivity (Wildman–Crippen MR) is 38.5 cm³/mol. The number of ether oxygens (including phenoxy) is 1. The van der Waals surface area contributed by atoms with Crippen molar-refractivity contribution in [3.8, 4) is 5.88 Å². The second-order valence-corrected chi connectivity index (χ2v) is 2.64. The zero-order valence-corrected chi connectivity index (χ0v) is 7.19. The summed E-state index contributed by atoms with van der Waals surface area (Å²) in [6, 6.07) is 1.29. The average Bonchev–Trinajstić information content (AvgIpc) is 1.98. The van der Waals surface area contributed by atoms with E-state index in [9.17, 15) is 13.2 Å². The van der Waals surface area contributed by atoms with Crippen LogP contribution in [0.5, 0.6) is 5.88 Å². The smallest absolute Gasteiger partial charge is 0.388 e. The fourth-order valence-corrected chi connectivity index (χ4v) is 0.857. The van der Waals surface area contributed by atoms with E-state index < -0.39 is 18.3 Å². The molecule has 0 spiro atoms. The Labute approximate surface area is 74.5 Å². The molecule has 0 fully saturated rings. The first kappa shape index (κ1) is 9.31. The van der Waals surface area contributed by atoms with Gasteiger partial charge in [-0.1, -0.05) is 0 Å². The van der Waals surface area contributed by atoms with Gasteiger partial charge in [-0.25, -0.2) is 4.98 Å². The summed E-state index contributed by atoms with van der Waals surface area (Å²) in [5.41, 5.74) is 0. The van der Waals surface area contributed by atoms with E-state index in [0.717, 1.165) is 6.20 Å². The number of halogens is 4. The Morgan fingerprint density at radius 1 is 1.50 bits per heavy atom. The summed E-state index contributed by atoms with van der Waals surface area (Å²) in [4.78, 5) is 3.27. The molecule has 0 bridgehead atoms. The van der Waals surface area contributed by atoms with Gasteiger partial charge in [-0.15, -0.1) is 0 Å². The highest BCUT2D eigenvalue weighted by Gasteiger charge is 2.12. The van der Waals surface area contributed by atoms with Gasteiger partial charge in [0.1, 0.15) is 0 Å². The minimum Gasteiger partial charge on any atom is -0.414 e. The van der Waals surface area contributed by atoms with Crippen molar-refractivity contribution >= 4 is 15.9 Å². The van der Waals surface area contributed by atoms with Crippen molar-refractivity contribution in [1.29, 1.82) is 0 Å². The third-order valence-corrected chi connectivity index (χ3v) is 1.62. The molecule has 0 N–H and O–H groups in total. The number of rotatable bonds is 2. The van der Waals surface area contributed by atoms with Crippen LogP contribution in [-0.2, 0) is 0 Å². The van der Waals surface area contributed by atoms with Crippen molar-refractivity contribution in [2.75, 3.05) is 0 Å². The van der Waals surface area contributed by atoms with E-state index in [-0.39, 0.29) is 4.47 Å². The molecule has 0 radical (unpaired) electrons. The van der Waals surface area contributed by atoms with Crippen molar-refractivity contribution in [2.24, 2.45) is 0 Å². The number of pyridine rings is 1. The summed E-state index contributed by atoms with van der Waals surface area (Å²) in [6.07, 6.45) is 1.16. The van der Waals surface area contributed by atoms with Gasteiger partial charge >= 0.3 is 6.61 Å². The van der Waals surface area contributed by atoms with E-state index in [1.165, 1.54) is 6.07 Å². The van der Waals surface area contributed by atoms with E-state index in [4.69, 9.17) is 0 Å². The summed E-state index contributed by atoms with van der Waals surface area (Å²) in [7, 11) is 0. The molecule has 12 heavy (non-hydrogen) atoms. The molecule has 0 aliphatic rings. The molecule has 2 nitrogen and oxygen atoms in total. The van der Waals surface area contributed by atoms with Crippen molar-refractivity contribution < 1.29 is 17.9 Å². The molecule has 0 aliphatic heterocycles. The van der Waals surface area contributed by atoms with Crippen LogP contribution in [-0.4, -0.2) is 11.6 Å². The Balaban J connectivity index is 2.92. The average molecular weight is 242 g/mol. The summed E-state index contributed by atoms with van der Waals surface area (Å²) >= 11 is 2.80. The van der Waals surface area contributed by atoms with Crippen LogP contribution < -0.4 is 4.74 Å². The first-order valence-electron chi connectivity index (χ1n) is 2.86. The van der Waals surface area contributed by atoms with Crippen LogP contribution in [0.4, 0.5) is 13.2 Å². The quantitative estimate of drug-likeness (QED) is 0.795. The fraction of sp³-hybridized carbons (Fsp3) is 0.167. The van der Waals surface area contributed by atoms with Crippen molar-refractivity contribution in [1.82, 2.24) is 4.98 Å². The molecule has 0 saturated heterocycles. The molecule has 1 aromatic rings. The lowest BCUT2D eigenvalue weighted by Gasteiger charge is -2.03. The number of hydrogen-bond donors (Lipinski definition) is 0. The standard InChI is InChI=1S/C6H3BrF3NO/c7-3-1-2-11-5(4(3)8)12-6(9)10/h1-2,6H. The molecule has 0 amide bonds. The van der Waals surface area contributed by atoms with E-state index in [2.05, 4.69) is 25.7 Å². The fourth-order valence-electron chi connectivity index (χ4n) is 0.569. The summed E-state index contributed by atoms with van der Waals surface area (Å²) < 4.78 is 39.8. The zero-order chi connectivity index (χ0) is 9.14. The lowest BCUT2D eigenvalue weighted by Crippen LogP contribution is -2.05. The molecule has 0 aliphatic carbocycles. The van der Waals surface area contributed by atoms with Crippen LogP contribution in [0.2, 0.25) is 0 Å². The second kappa shape index (κ2) is 3.75. The number of alkyl halides is 2. The molecule has 0 atom stereocenters. The minimum atomic E-state index is -3.07. The maximum atomic E-state index is 12.8. The topological polar surface area (TPSA) is 22.1 Å². The Bertz CT molecular complexity index is 281. The van der Waals surface area contributed by atoms with Crippen LogP contribution in [0.25, 0.3) is 0 Å². The highest BCUT2D eigenvalue weighted by atomic mass is 79.9. The molecular weight excluding hydrogens is 239 g/mol. The lowest BCUT2D eigenvalue weighted by molar-refractivity contribution is -0.0554. The number of nitrogens with zero attached hydrogens (tertiary/aromatic N) is 1. The molecule has 0 saturated carbocycles. The molecule has 1 aromatic heterocycles. The van der Waals surface area contributed by atoms with E-state index >= 15 is 0 Å². The van der Waals surface area contributed by atoms with Crippen LogP contribution in [0.1, 0.15) is 0 Å². The molecule has 66 valence electrons. The van der Waals surface area contributed by atoms with Crippen molar-refractivity contribution in [3.05, 3.63) is 22.6 Å². The first-order chi connectivity index (χ1) is 5.61. The number of aromatic nitrogens is 1. The Kier molecular flexibility index (Phi) is 2.91. The van der Waals surface area contributed by atoms with Crippen LogP contribution in [0.15, 0.2) is 16.7 Å². The normalized spacial score (nSPS) is 10.4. The van der Waals surface area contributed by atoms with Gasteiger partial charge in [0.25, 0.3) is 5.88 Å². The van der Waals surface area contributed by atoms with Crippen LogP contribution in [0, 0.1) is 5.82 Å². The number of hydrogen-bond acceptors (Lipinski definition) is 2. The van der Waals surface area contributed by atoms with Gasteiger partial charge in [0.2, 0.25) is 0 Å². The van der Waals surface area contributed by atoms with Crippen molar-refractivity contribution in [3.63, 3.8) is 0 Å². The Hall–Kier alpha value is -0.780. The third-order valence-electron chi connectivity index (χ3n) is 1.01. The summed E-state index contributed by atoms with van der Waals surface area (Å²) in [5, 5.41) is 0. The largest absolute Gasteiger partial charge is 0.414 e. The summed E-state index contributed by atoms with van der Waals surface area (Å²) in [5.74, 6) is -1.64.